The standard InChI is InChI=1S/C11H22O/c1-4-6-7-8-11(5-2)9-10(3)12/h11H,4-9H2,1-3H3/t11-/m0/s1. The van der Waals surface area contributed by atoms with Crippen molar-refractivity contribution in [1.82, 2.24) is 0 Å². The number of carbonyl (C=O) groups excluding carboxylic acids is 1. The molecule has 1 nitrogen and oxygen atoms in total. The van der Waals surface area contributed by atoms with Gasteiger partial charge in [-0.25, -0.2) is 0 Å². The second kappa shape index (κ2) is 7.33. The Morgan fingerprint density at radius 2 is 1.92 bits per heavy atom. The van der Waals surface area contributed by atoms with Gasteiger partial charge in [0.1, 0.15) is 5.78 Å². The van der Waals surface area contributed by atoms with Crippen molar-refractivity contribution in [2.75, 3.05) is 0 Å². The monoisotopic (exact) mass is 170 g/mol. The Labute approximate surface area is 76.6 Å². The van der Waals surface area contributed by atoms with E-state index in [1.165, 1.54) is 25.7 Å². The highest BCUT2D eigenvalue weighted by atomic mass is 16.1. The fourth-order valence-corrected chi connectivity index (χ4v) is 1.54. The summed E-state index contributed by atoms with van der Waals surface area (Å²) in [6.07, 6.45) is 7.07. The summed E-state index contributed by atoms with van der Waals surface area (Å²) in [5, 5.41) is 0. The number of Topliss-reactive ketones (excluding diaryl/α,β-unsaturated/α-hetero) is 1. The van der Waals surface area contributed by atoms with E-state index in [4.69, 9.17) is 0 Å². The minimum absolute atomic E-state index is 0.346. The topological polar surface area (TPSA) is 17.1 Å². The van der Waals surface area contributed by atoms with E-state index in [0.717, 1.165) is 12.8 Å². The van der Waals surface area contributed by atoms with Crippen LogP contribution in [0.2, 0.25) is 0 Å². The molecule has 0 rings (SSSR count). The van der Waals surface area contributed by atoms with E-state index < -0.39 is 0 Å². The van der Waals surface area contributed by atoms with Crippen LogP contribution < -0.4 is 0 Å². The molecule has 0 fully saturated rings. The van der Waals surface area contributed by atoms with Crippen LogP contribution in [0.3, 0.4) is 0 Å². The Morgan fingerprint density at radius 1 is 1.25 bits per heavy atom. The van der Waals surface area contributed by atoms with Crippen molar-refractivity contribution in [2.24, 2.45) is 5.92 Å². The maximum Gasteiger partial charge on any atom is 0.130 e. The molecule has 0 unspecified atom stereocenters. The number of ketones is 1. The number of carbonyl (C=O) groups is 1. The third-order valence-electron chi connectivity index (χ3n) is 2.37. The van der Waals surface area contributed by atoms with Crippen LogP contribution >= 0.6 is 0 Å². The lowest BCUT2D eigenvalue weighted by atomic mass is 9.94. The molecule has 0 saturated carbocycles. The van der Waals surface area contributed by atoms with Gasteiger partial charge in [0.25, 0.3) is 0 Å². The maximum atomic E-state index is 10.8. The van der Waals surface area contributed by atoms with E-state index in [0.29, 0.717) is 11.7 Å². The third kappa shape index (κ3) is 6.38. The van der Waals surface area contributed by atoms with E-state index in [2.05, 4.69) is 13.8 Å². The van der Waals surface area contributed by atoms with Crippen molar-refractivity contribution in [3.8, 4) is 0 Å². The molecule has 0 aliphatic carbocycles. The van der Waals surface area contributed by atoms with E-state index in [1.54, 1.807) is 6.92 Å². The minimum Gasteiger partial charge on any atom is -0.300 e. The minimum atomic E-state index is 0.346. The lowest BCUT2D eigenvalue weighted by Crippen LogP contribution is -2.04. The highest BCUT2D eigenvalue weighted by Gasteiger charge is 2.07. The molecule has 1 heteroatoms. The molecular formula is C11H22O. The van der Waals surface area contributed by atoms with Crippen molar-refractivity contribution >= 4 is 5.78 Å². The maximum absolute atomic E-state index is 10.8. The Morgan fingerprint density at radius 3 is 2.33 bits per heavy atom. The molecule has 0 heterocycles. The van der Waals surface area contributed by atoms with Crippen LogP contribution in [0.25, 0.3) is 0 Å². The van der Waals surface area contributed by atoms with Crippen molar-refractivity contribution < 1.29 is 4.79 Å². The molecule has 0 aromatic rings. The second-order valence-corrected chi connectivity index (χ2v) is 3.68. The molecule has 72 valence electrons. The van der Waals surface area contributed by atoms with E-state index in [9.17, 15) is 4.79 Å². The highest BCUT2D eigenvalue weighted by Crippen LogP contribution is 2.17. The molecular weight excluding hydrogens is 148 g/mol. The van der Waals surface area contributed by atoms with Gasteiger partial charge in [0, 0.05) is 6.42 Å². The summed E-state index contributed by atoms with van der Waals surface area (Å²) in [6, 6.07) is 0. The van der Waals surface area contributed by atoms with Gasteiger partial charge in [-0.05, 0) is 12.8 Å². The van der Waals surface area contributed by atoms with Crippen LogP contribution in [0.15, 0.2) is 0 Å². The molecule has 1 atom stereocenters. The zero-order valence-electron chi connectivity index (χ0n) is 8.73. The average Bonchev–Trinajstić information content (AvgIpc) is 2.02. The highest BCUT2D eigenvalue weighted by molar-refractivity contribution is 5.75. The number of unbranched alkanes of at least 4 members (excludes halogenated alkanes) is 2. The Kier molecular flexibility index (Phi) is 7.12. The van der Waals surface area contributed by atoms with Gasteiger partial charge in [0.2, 0.25) is 0 Å². The van der Waals surface area contributed by atoms with Crippen LogP contribution in [0.1, 0.15) is 59.3 Å². The summed E-state index contributed by atoms with van der Waals surface area (Å²) in [7, 11) is 0. The zero-order chi connectivity index (χ0) is 9.40. The van der Waals surface area contributed by atoms with Crippen LogP contribution in [0.4, 0.5) is 0 Å². The summed E-state index contributed by atoms with van der Waals surface area (Å²) in [6.45, 7) is 6.09. The van der Waals surface area contributed by atoms with Crippen molar-refractivity contribution in [3.05, 3.63) is 0 Å². The number of rotatable bonds is 7. The molecule has 0 radical (unpaired) electrons. The molecule has 12 heavy (non-hydrogen) atoms. The molecule has 0 aliphatic heterocycles. The number of hydrogen-bond donors (Lipinski definition) is 0. The lowest BCUT2D eigenvalue weighted by Gasteiger charge is -2.11. The molecule has 0 aliphatic rings. The van der Waals surface area contributed by atoms with Gasteiger partial charge < -0.3 is 4.79 Å². The first kappa shape index (κ1) is 11.7. The van der Waals surface area contributed by atoms with Gasteiger partial charge in [-0.2, -0.15) is 0 Å². The lowest BCUT2D eigenvalue weighted by molar-refractivity contribution is -0.117. The fraction of sp³-hybridized carbons (Fsp3) is 0.909. The SMILES string of the molecule is CCCCC[C@H](CC)CC(C)=O. The summed E-state index contributed by atoms with van der Waals surface area (Å²) < 4.78 is 0. The quantitative estimate of drug-likeness (QED) is 0.534. The Hall–Kier alpha value is -0.330. The summed E-state index contributed by atoms with van der Waals surface area (Å²) in [4.78, 5) is 10.8. The van der Waals surface area contributed by atoms with Gasteiger partial charge in [-0.3, -0.25) is 0 Å². The Balaban J connectivity index is 3.46. The van der Waals surface area contributed by atoms with Crippen molar-refractivity contribution in [1.29, 1.82) is 0 Å². The van der Waals surface area contributed by atoms with Crippen LogP contribution in [-0.2, 0) is 4.79 Å². The van der Waals surface area contributed by atoms with Gasteiger partial charge in [0.05, 0.1) is 0 Å². The molecule has 0 saturated heterocycles. The van der Waals surface area contributed by atoms with Crippen LogP contribution in [0.5, 0.6) is 0 Å². The molecule has 0 amide bonds. The Bertz CT molecular complexity index is 118. The van der Waals surface area contributed by atoms with Gasteiger partial charge in [0.15, 0.2) is 0 Å². The van der Waals surface area contributed by atoms with Gasteiger partial charge in [-0.1, -0.05) is 46.0 Å². The van der Waals surface area contributed by atoms with Crippen molar-refractivity contribution in [2.45, 2.75) is 59.3 Å². The first-order valence-corrected chi connectivity index (χ1v) is 5.20. The summed E-state index contributed by atoms with van der Waals surface area (Å²) in [5.74, 6) is 0.993. The van der Waals surface area contributed by atoms with Gasteiger partial charge in [-0.15, -0.1) is 0 Å². The van der Waals surface area contributed by atoms with Crippen LogP contribution in [0, 0.1) is 5.92 Å². The molecule has 0 aromatic carbocycles. The largest absolute Gasteiger partial charge is 0.300 e. The average molecular weight is 170 g/mol. The third-order valence-corrected chi connectivity index (χ3v) is 2.37. The zero-order valence-corrected chi connectivity index (χ0v) is 8.73. The predicted octanol–water partition coefficient (Wildman–Crippen LogP) is 3.57. The van der Waals surface area contributed by atoms with E-state index in [-0.39, 0.29) is 0 Å². The summed E-state index contributed by atoms with van der Waals surface area (Å²) in [5.41, 5.74) is 0. The van der Waals surface area contributed by atoms with E-state index >= 15 is 0 Å². The predicted molar refractivity (Wildman–Crippen MR) is 53.2 cm³/mol. The molecule has 0 N–H and O–H groups in total. The molecule has 0 spiro atoms. The first-order chi connectivity index (χ1) is 5.70. The smallest absolute Gasteiger partial charge is 0.130 e. The van der Waals surface area contributed by atoms with Gasteiger partial charge >= 0.3 is 0 Å². The molecule has 0 bridgehead atoms. The summed E-state index contributed by atoms with van der Waals surface area (Å²) >= 11 is 0. The molecule has 0 aromatic heterocycles. The number of hydrogen-bond acceptors (Lipinski definition) is 1. The fourth-order valence-electron chi connectivity index (χ4n) is 1.54. The second-order valence-electron chi connectivity index (χ2n) is 3.68. The van der Waals surface area contributed by atoms with Crippen molar-refractivity contribution in [3.63, 3.8) is 0 Å². The van der Waals surface area contributed by atoms with E-state index in [1.807, 2.05) is 0 Å². The van der Waals surface area contributed by atoms with Crippen LogP contribution in [-0.4, -0.2) is 5.78 Å². The first-order valence-electron chi connectivity index (χ1n) is 5.20. The normalized spacial score (nSPS) is 12.9.